The molecule has 0 radical (unpaired) electrons. The fraction of sp³-hybridized carbons (Fsp3) is 0.467. The number of thiophene rings is 1. The van der Waals surface area contributed by atoms with E-state index in [1.165, 1.54) is 24.2 Å². The first-order chi connectivity index (χ1) is 10.7. The van der Waals surface area contributed by atoms with Crippen molar-refractivity contribution in [2.24, 2.45) is 5.92 Å². The summed E-state index contributed by atoms with van der Waals surface area (Å²) in [7, 11) is 0. The summed E-state index contributed by atoms with van der Waals surface area (Å²) in [6, 6.07) is 3.83. The third-order valence-corrected chi connectivity index (χ3v) is 5.96. The highest BCUT2D eigenvalue weighted by Crippen LogP contribution is 2.32. The summed E-state index contributed by atoms with van der Waals surface area (Å²) in [4.78, 5) is 17.6. The topological polar surface area (TPSA) is 54.0 Å². The molecule has 0 saturated carbocycles. The summed E-state index contributed by atoms with van der Waals surface area (Å²) in [6.07, 6.45) is 2.72. The van der Waals surface area contributed by atoms with Crippen LogP contribution in [0.15, 0.2) is 17.5 Å². The molecule has 1 aliphatic rings. The Morgan fingerprint density at radius 2 is 2.25 bits per heavy atom. The third-order valence-electron chi connectivity index (χ3n) is 3.66. The van der Waals surface area contributed by atoms with Crippen LogP contribution in [0.25, 0.3) is 9.88 Å². The van der Waals surface area contributed by atoms with Crippen molar-refractivity contribution in [3.05, 3.63) is 27.5 Å². The van der Waals surface area contributed by atoms with Crippen LogP contribution in [-0.4, -0.2) is 30.5 Å². The van der Waals surface area contributed by atoms with Gasteiger partial charge in [-0.05, 0) is 44.0 Å². The van der Waals surface area contributed by atoms with Crippen LogP contribution in [0.4, 0.5) is 0 Å². The zero-order chi connectivity index (χ0) is 15.4. The SMILES string of the molecule is Cl.Cl.O=C(Cc1csc(-c2ccc(Cl)s2)n1)NCC1CCCNC1. The summed E-state index contributed by atoms with van der Waals surface area (Å²) in [5, 5.41) is 9.26. The molecular formula is C15H20Cl3N3OS2. The average Bonchev–Trinajstić information content (AvgIpc) is 3.15. The van der Waals surface area contributed by atoms with Crippen molar-refractivity contribution >= 4 is 65.0 Å². The number of nitrogens with one attached hydrogen (secondary N) is 2. The van der Waals surface area contributed by atoms with Gasteiger partial charge in [0.25, 0.3) is 0 Å². The highest BCUT2D eigenvalue weighted by molar-refractivity contribution is 7.23. The zero-order valence-electron chi connectivity index (χ0n) is 12.9. The number of carbonyl (C=O) groups is 1. The minimum atomic E-state index is 0. The molecule has 2 aromatic rings. The van der Waals surface area contributed by atoms with E-state index in [4.69, 9.17) is 11.6 Å². The monoisotopic (exact) mass is 427 g/mol. The van der Waals surface area contributed by atoms with Gasteiger partial charge in [-0.2, -0.15) is 0 Å². The average molecular weight is 429 g/mol. The van der Waals surface area contributed by atoms with Crippen LogP contribution in [-0.2, 0) is 11.2 Å². The maximum Gasteiger partial charge on any atom is 0.226 e. The molecular weight excluding hydrogens is 409 g/mol. The highest BCUT2D eigenvalue weighted by atomic mass is 35.5. The Morgan fingerprint density at radius 1 is 1.42 bits per heavy atom. The molecule has 0 bridgehead atoms. The van der Waals surface area contributed by atoms with Crippen molar-refractivity contribution in [2.45, 2.75) is 19.3 Å². The Balaban J connectivity index is 0.00000144. The van der Waals surface area contributed by atoms with Crippen molar-refractivity contribution in [2.75, 3.05) is 19.6 Å². The molecule has 0 aliphatic carbocycles. The number of thiazole rings is 1. The van der Waals surface area contributed by atoms with E-state index in [-0.39, 0.29) is 30.7 Å². The number of rotatable bonds is 5. The first-order valence-electron chi connectivity index (χ1n) is 7.38. The summed E-state index contributed by atoms with van der Waals surface area (Å²) < 4.78 is 0.755. The predicted octanol–water partition coefficient (Wildman–Crippen LogP) is 4.03. The van der Waals surface area contributed by atoms with Crippen molar-refractivity contribution in [1.82, 2.24) is 15.6 Å². The molecule has 1 atom stereocenters. The smallest absolute Gasteiger partial charge is 0.226 e. The maximum absolute atomic E-state index is 12.0. The van der Waals surface area contributed by atoms with E-state index in [0.29, 0.717) is 12.3 Å². The van der Waals surface area contributed by atoms with Gasteiger partial charge in [-0.25, -0.2) is 4.98 Å². The lowest BCUT2D eigenvalue weighted by Gasteiger charge is -2.22. The van der Waals surface area contributed by atoms with E-state index >= 15 is 0 Å². The number of piperidine rings is 1. The van der Waals surface area contributed by atoms with Crippen molar-refractivity contribution in [1.29, 1.82) is 0 Å². The first-order valence-corrected chi connectivity index (χ1v) is 9.45. The second-order valence-corrected chi connectivity index (χ2v) is 8.01. The summed E-state index contributed by atoms with van der Waals surface area (Å²) in [5.74, 6) is 0.601. The van der Waals surface area contributed by atoms with E-state index in [1.807, 2.05) is 17.5 Å². The number of hydrogen-bond donors (Lipinski definition) is 2. The molecule has 134 valence electrons. The lowest BCUT2D eigenvalue weighted by Crippen LogP contribution is -2.38. The normalized spacial score (nSPS) is 16.8. The van der Waals surface area contributed by atoms with Crippen LogP contribution in [0, 0.1) is 5.92 Å². The number of amides is 1. The molecule has 4 nitrogen and oxygen atoms in total. The molecule has 1 aliphatic heterocycles. The van der Waals surface area contributed by atoms with E-state index in [9.17, 15) is 4.79 Å². The third kappa shape index (κ3) is 6.17. The number of carbonyl (C=O) groups excluding carboxylic acids is 1. The second-order valence-electron chi connectivity index (χ2n) is 5.44. The van der Waals surface area contributed by atoms with Gasteiger partial charge in [-0.1, -0.05) is 11.6 Å². The van der Waals surface area contributed by atoms with Crippen molar-refractivity contribution < 1.29 is 4.79 Å². The molecule has 1 unspecified atom stereocenters. The molecule has 2 N–H and O–H groups in total. The summed E-state index contributed by atoms with van der Waals surface area (Å²) in [6.45, 7) is 2.85. The number of halogens is 3. The molecule has 24 heavy (non-hydrogen) atoms. The molecule has 3 heterocycles. The zero-order valence-corrected chi connectivity index (χ0v) is 16.9. The molecule has 9 heteroatoms. The van der Waals surface area contributed by atoms with Gasteiger partial charge in [-0.3, -0.25) is 4.79 Å². The fourth-order valence-corrected chi connectivity index (χ4v) is 4.45. The molecule has 3 rings (SSSR count). The lowest BCUT2D eigenvalue weighted by molar-refractivity contribution is -0.120. The minimum Gasteiger partial charge on any atom is -0.355 e. The fourth-order valence-electron chi connectivity index (χ4n) is 2.51. The molecule has 1 amide bonds. The highest BCUT2D eigenvalue weighted by Gasteiger charge is 2.15. The van der Waals surface area contributed by atoms with Crippen molar-refractivity contribution in [3.8, 4) is 9.88 Å². The van der Waals surface area contributed by atoms with Gasteiger partial charge in [-0.15, -0.1) is 47.5 Å². The van der Waals surface area contributed by atoms with E-state index in [2.05, 4.69) is 15.6 Å². The Morgan fingerprint density at radius 3 is 2.92 bits per heavy atom. The van der Waals surface area contributed by atoms with Gasteiger partial charge in [0.2, 0.25) is 5.91 Å². The van der Waals surface area contributed by atoms with Crippen LogP contribution < -0.4 is 10.6 Å². The summed E-state index contributed by atoms with van der Waals surface area (Å²) >= 11 is 9.01. The van der Waals surface area contributed by atoms with Crippen LogP contribution in [0.5, 0.6) is 0 Å². The largest absolute Gasteiger partial charge is 0.355 e. The summed E-state index contributed by atoms with van der Waals surface area (Å²) in [5.41, 5.74) is 0.823. The minimum absolute atomic E-state index is 0. The van der Waals surface area contributed by atoms with Gasteiger partial charge in [0.05, 0.1) is 21.3 Å². The number of hydrogen-bond acceptors (Lipinski definition) is 5. The van der Waals surface area contributed by atoms with Crippen molar-refractivity contribution in [3.63, 3.8) is 0 Å². The second kappa shape index (κ2) is 10.6. The molecule has 1 saturated heterocycles. The van der Waals surface area contributed by atoms with Gasteiger partial charge in [0.1, 0.15) is 5.01 Å². The molecule has 0 spiro atoms. The lowest BCUT2D eigenvalue weighted by atomic mass is 10.00. The van der Waals surface area contributed by atoms with Crippen LogP contribution >= 0.6 is 59.1 Å². The maximum atomic E-state index is 12.0. The Kier molecular flexibility index (Phi) is 9.56. The standard InChI is InChI=1S/C15H18ClN3OS2.2ClH/c16-13-4-3-12(22-13)15-19-11(9-21-15)6-14(20)18-8-10-2-1-5-17-7-10;;/h3-4,9-10,17H,1-2,5-8H2,(H,18,20);2*1H. The Labute approximate surface area is 167 Å². The quantitative estimate of drug-likeness (QED) is 0.756. The Bertz CT molecular complexity index is 641. The van der Waals surface area contributed by atoms with Gasteiger partial charge in [0.15, 0.2) is 0 Å². The van der Waals surface area contributed by atoms with Gasteiger partial charge >= 0.3 is 0 Å². The number of nitrogens with zero attached hydrogens (tertiary/aromatic N) is 1. The molecule has 1 fully saturated rings. The van der Waals surface area contributed by atoms with Gasteiger partial charge in [0, 0.05) is 11.9 Å². The van der Waals surface area contributed by atoms with E-state index < -0.39 is 0 Å². The number of aromatic nitrogens is 1. The van der Waals surface area contributed by atoms with Crippen LogP contribution in [0.1, 0.15) is 18.5 Å². The van der Waals surface area contributed by atoms with Gasteiger partial charge < -0.3 is 10.6 Å². The van der Waals surface area contributed by atoms with E-state index in [0.717, 1.165) is 39.5 Å². The van der Waals surface area contributed by atoms with Crippen LogP contribution in [0.2, 0.25) is 4.34 Å². The van der Waals surface area contributed by atoms with Crippen LogP contribution in [0.3, 0.4) is 0 Å². The molecule has 2 aromatic heterocycles. The molecule has 0 aromatic carbocycles. The van der Waals surface area contributed by atoms with E-state index in [1.54, 1.807) is 11.3 Å². The first kappa shape index (κ1) is 21.7. The predicted molar refractivity (Wildman–Crippen MR) is 107 cm³/mol. The Hall–Kier alpha value is -0.370.